The first-order chi connectivity index (χ1) is 9.90. The van der Waals surface area contributed by atoms with Crippen molar-refractivity contribution in [1.29, 1.82) is 0 Å². The van der Waals surface area contributed by atoms with Crippen LogP contribution < -0.4 is 10.1 Å². The lowest BCUT2D eigenvalue weighted by atomic mass is 10.3. The van der Waals surface area contributed by atoms with Crippen LogP contribution in [0.1, 0.15) is 10.7 Å². The number of piperazine rings is 1. The van der Waals surface area contributed by atoms with Gasteiger partial charge in [0.1, 0.15) is 17.4 Å². The Bertz CT molecular complexity index is 529. The molecule has 1 N–H and O–H groups in total. The van der Waals surface area contributed by atoms with Crippen LogP contribution in [0.25, 0.3) is 0 Å². The average molecular weight is 326 g/mol. The van der Waals surface area contributed by atoms with E-state index in [0.717, 1.165) is 49.2 Å². The van der Waals surface area contributed by atoms with Crippen LogP contribution in [0.2, 0.25) is 0 Å². The van der Waals surface area contributed by atoms with E-state index in [1.54, 1.807) is 11.3 Å². The first-order valence-corrected chi connectivity index (χ1v) is 7.82. The van der Waals surface area contributed by atoms with Crippen molar-refractivity contribution in [3.63, 3.8) is 0 Å². The van der Waals surface area contributed by atoms with Gasteiger partial charge in [0, 0.05) is 38.1 Å². The van der Waals surface area contributed by atoms with E-state index < -0.39 is 0 Å². The highest BCUT2D eigenvalue weighted by Crippen LogP contribution is 2.16. The predicted molar refractivity (Wildman–Crippen MR) is 88.3 cm³/mol. The minimum atomic E-state index is 0. The molecule has 1 aliphatic heterocycles. The monoisotopic (exact) mass is 325 g/mol. The van der Waals surface area contributed by atoms with Gasteiger partial charge in [-0.15, -0.1) is 23.7 Å². The van der Waals surface area contributed by atoms with Crippen molar-refractivity contribution < 1.29 is 4.74 Å². The number of aromatic nitrogens is 1. The summed E-state index contributed by atoms with van der Waals surface area (Å²) < 4.78 is 5.72. The number of nitrogens with one attached hydrogen (secondary N) is 1. The molecule has 1 aromatic heterocycles. The molecule has 0 unspecified atom stereocenters. The third-order valence-corrected chi connectivity index (χ3v) is 4.17. The van der Waals surface area contributed by atoms with Crippen molar-refractivity contribution >= 4 is 23.7 Å². The zero-order valence-electron chi connectivity index (χ0n) is 11.8. The topological polar surface area (TPSA) is 37.4 Å². The molecule has 0 aliphatic carbocycles. The van der Waals surface area contributed by atoms with Gasteiger partial charge >= 0.3 is 0 Å². The minimum Gasteiger partial charge on any atom is -0.486 e. The Balaban J connectivity index is 0.00000161. The van der Waals surface area contributed by atoms with E-state index in [0.29, 0.717) is 6.61 Å². The van der Waals surface area contributed by atoms with Crippen LogP contribution in [-0.2, 0) is 13.2 Å². The van der Waals surface area contributed by atoms with E-state index in [1.165, 1.54) is 0 Å². The van der Waals surface area contributed by atoms with Gasteiger partial charge in [0.25, 0.3) is 0 Å². The molecule has 0 bridgehead atoms. The quantitative estimate of drug-likeness (QED) is 0.916. The Labute approximate surface area is 135 Å². The first kappa shape index (κ1) is 16.2. The fourth-order valence-corrected chi connectivity index (χ4v) is 2.94. The van der Waals surface area contributed by atoms with Crippen LogP contribution in [0.15, 0.2) is 35.7 Å². The maximum atomic E-state index is 5.72. The summed E-state index contributed by atoms with van der Waals surface area (Å²) in [5.74, 6) is 0.895. The second-order valence-electron chi connectivity index (χ2n) is 4.86. The zero-order chi connectivity index (χ0) is 13.6. The van der Waals surface area contributed by atoms with Gasteiger partial charge in [0.2, 0.25) is 0 Å². The van der Waals surface area contributed by atoms with Crippen LogP contribution in [-0.4, -0.2) is 36.1 Å². The van der Waals surface area contributed by atoms with Crippen LogP contribution in [0.5, 0.6) is 5.75 Å². The second-order valence-corrected chi connectivity index (χ2v) is 5.80. The number of hydrogen-bond donors (Lipinski definition) is 1. The Hall–Kier alpha value is -1.14. The van der Waals surface area contributed by atoms with Crippen molar-refractivity contribution in [2.45, 2.75) is 13.2 Å². The van der Waals surface area contributed by atoms with Gasteiger partial charge in [-0.3, -0.25) is 4.90 Å². The standard InChI is InChI=1S/C15H19N3OS.ClH/c1-2-4-14(5-3-1)19-11-15-17-13(12-20-15)10-18-8-6-16-7-9-18;/h1-5,12,16H,6-11H2;1H. The van der Waals surface area contributed by atoms with E-state index in [4.69, 9.17) is 4.74 Å². The summed E-state index contributed by atoms with van der Waals surface area (Å²) in [4.78, 5) is 7.09. The number of thiazole rings is 1. The van der Waals surface area contributed by atoms with Crippen molar-refractivity contribution in [2.24, 2.45) is 0 Å². The minimum absolute atomic E-state index is 0. The Morgan fingerprint density at radius 1 is 1.19 bits per heavy atom. The van der Waals surface area contributed by atoms with E-state index in [-0.39, 0.29) is 12.4 Å². The van der Waals surface area contributed by atoms with Crippen LogP contribution >= 0.6 is 23.7 Å². The summed E-state index contributed by atoms with van der Waals surface area (Å²) in [5, 5.41) is 6.55. The molecule has 1 saturated heterocycles. The van der Waals surface area contributed by atoms with E-state index in [1.807, 2.05) is 30.3 Å². The number of halogens is 1. The fraction of sp³-hybridized carbons (Fsp3) is 0.400. The highest BCUT2D eigenvalue weighted by atomic mass is 35.5. The molecule has 2 heterocycles. The summed E-state index contributed by atoms with van der Waals surface area (Å²) in [7, 11) is 0. The molecular weight excluding hydrogens is 306 g/mol. The summed E-state index contributed by atoms with van der Waals surface area (Å²) >= 11 is 1.68. The molecule has 3 rings (SSSR count). The molecule has 2 aromatic rings. The van der Waals surface area contributed by atoms with Gasteiger partial charge in [0.05, 0.1) is 5.69 Å². The highest BCUT2D eigenvalue weighted by molar-refractivity contribution is 7.09. The van der Waals surface area contributed by atoms with E-state index in [9.17, 15) is 0 Å². The molecule has 4 nitrogen and oxygen atoms in total. The lowest BCUT2D eigenvalue weighted by molar-refractivity contribution is 0.230. The number of para-hydroxylation sites is 1. The maximum absolute atomic E-state index is 5.72. The van der Waals surface area contributed by atoms with Gasteiger partial charge in [0.15, 0.2) is 0 Å². The van der Waals surface area contributed by atoms with Gasteiger partial charge in [-0.2, -0.15) is 0 Å². The summed E-state index contributed by atoms with van der Waals surface area (Å²) in [6, 6.07) is 9.88. The maximum Gasteiger partial charge on any atom is 0.140 e. The molecule has 6 heteroatoms. The number of hydrogen-bond acceptors (Lipinski definition) is 5. The van der Waals surface area contributed by atoms with Crippen LogP contribution in [0.3, 0.4) is 0 Å². The predicted octanol–water partition coefficient (Wildman–Crippen LogP) is 2.55. The van der Waals surface area contributed by atoms with Gasteiger partial charge in [-0.25, -0.2) is 4.98 Å². The normalized spacial score (nSPS) is 15.4. The number of nitrogens with zero attached hydrogens (tertiary/aromatic N) is 2. The molecule has 1 aliphatic rings. The zero-order valence-corrected chi connectivity index (χ0v) is 13.5. The second kappa shape index (κ2) is 8.34. The smallest absolute Gasteiger partial charge is 0.140 e. The number of benzene rings is 1. The lowest BCUT2D eigenvalue weighted by Crippen LogP contribution is -2.42. The van der Waals surface area contributed by atoms with Crippen LogP contribution in [0, 0.1) is 0 Å². The Kier molecular flexibility index (Phi) is 6.45. The van der Waals surface area contributed by atoms with Crippen molar-refractivity contribution in [3.05, 3.63) is 46.4 Å². The molecule has 114 valence electrons. The van der Waals surface area contributed by atoms with Gasteiger partial charge in [-0.05, 0) is 12.1 Å². The molecule has 0 atom stereocenters. The summed E-state index contributed by atoms with van der Waals surface area (Å²) in [6.45, 7) is 5.86. The molecule has 0 spiro atoms. The molecular formula is C15H20ClN3OS. The third kappa shape index (κ3) is 4.97. The van der Waals surface area contributed by atoms with Crippen molar-refractivity contribution in [1.82, 2.24) is 15.2 Å². The van der Waals surface area contributed by atoms with Crippen LogP contribution in [0.4, 0.5) is 0 Å². The van der Waals surface area contributed by atoms with Gasteiger partial charge < -0.3 is 10.1 Å². The average Bonchev–Trinajstić information content (AvgIpc) is 2.95. The third-order valence-electron chi connectivity index (χ3n) is 3.30. The Morgan fingerprint density at radius 3 is 2.71 bits per heavy atom. The van der Waals surface area contributed by atoms with Gasteiger partial charge in [-0.1, -0.05) is 18.2 Å². The molecule has 1 fully saturated rings. The highest BCUT2D eigenvalue weighted by Gasteiger charge is 2.12. The largest absolute Gasteiger partial charge is 0.486 e. The first-order valence-electron chi connectivity index (χ1n) is 6.94. The van der Waals surface area contributed by atoms with E-state index in [2.05, 4.69) is 20.6 Å². The molecule has 0 saturated carbocycles. The summed E-state index contributed by atoms with van der Waals surface area (Å²) in [6.07, 6.45) is 0. The molecule has 0 radical (unpaired) electrons. The van der Waals surface area contributed by atoms with Crippen molar-refractivity contribution in [3.8, 4) is 5.75 Å². The number of rotatable bonds is 5. The van der Waals surface area contributed by atoms with Crippen molar-refractivity contribution in [2.75, 3.05) is 26.2 Å². The number of ether oxygens (including phenoxy) is 1. The fourth-order valence-electron chi connectivity index (χ4n) is 2.25. The summed E-state index contributed by atoms with van der Waals surface area (Å²) in [5.41, 5.74) is 1.16. The SMILES string of the molecule is Cl.c1ccc(OCc2nc(CN3CCNCC3)cs2)cc1. The van der Waals surface area contributed by atoms with E-state index >= 15 is 0 Å². The molecule has 0 amide bonds. The molecule has 1 aromatic carbocycles. The Morgan fingerprint density at radius 2 is 1.95 bits per heavy atom. The molecule has 21 heavy (non-hydrogen) atoms. The lowest BCUT2D eigenvalue weighted by Gasteiger charge is -2.26.